The minimum absolute atomic E-state index is 0.0225. The van der Waals surface area contributed by atoms with Gasteiger partial charge in [0, 0.05) is 17.7 Å². The normalized spacial score (nSPS) is 12.0. The fourth-order valence-corrected chi connectivity index (χ4v) is 2.74. The van der Waals surface area contributed by atoms with Crippen LogP contribution in [-0.2, 0) is 7.05 Å². The van der Waals surface area contributed by atoms with Crippen molar-refractivity contribution in [1.82, 2.24) is 19.7 Å². The van der Waals surface area contributed by atoms with E-state index in [9.17, 15) is 8.78 Å². The highest BCUT2D eigenvalue weighted by atomic mass is 79.9. The van der Waals surface area contributed by atoms with Crippen molar-refractivity contribution in [3.8, 4) is 0 Å². The molecule has 0 aliphatic carbocycles. The molecule has 0 saturated heterocycles. The van der Waals surface area contributed by atoms with Gasteiger partial charge in [-0.25, -0.2) is 13.8 Å². The van der Waals surface area contributed by atoms with E-state index in [4.69, 9.17) is 0 Å². The van der Waals surface area contributed by atoms with Crippen molar-refractivity contribution >= 4 is 33.4 Å². The van der Waals surface area contributed by atoms with Gasteiger partial charge in [-0.3, -0.25) is 4.68 Å². The summed E-state index contributed by atoms with van der Waals surface area (Å²) < 4.78 is 29.8. The van der Waals surface area contributed by atoms with E-state index in [2.05, 4.69) is 41.6 Å². The molecule has 2 aromatic heterocycles. The molecule has 0 aliphatic heterocycles. The zero-order chi connectivity index (χ0) is 18.0. The van der Waals surface area contributed by atoms with Crippen molar-refractivity contribution in [3.63, 3.8) is 0 Å². The Morgan fingerprint density at radius 3 is 2.68 bits per heavy atom. The molecule has 0 radical (unpaired) electrons. The molecule has 3 rings (SSSR count). The van der Waals surface area contributed by atoms with Crippen LogP contribution in [0.3, 0.4) is 0 Å². The molecule has 9 heteroatoms. The quantitative estimate of drug-likeness (QED) is 0.662. The monoisotopic (exact) mass is 408 g/mol. The molecular formula is C16H15BrF2N6. The summed E-state index contributed by atoms with van der Waals surface area (Å²) in [5.41, 5.74) is 1.34. The van der Waals surface area contributed by atoms with Crippen molar-refractivity contribution < 1.29 is 8.78 Å². The molecule has 1 aromatic carbocycles. The van der Waals surface area contributed by atoms with Crippen LogP contribution in [0.4, 0.5) is 26.2 Å². The van der Waals surface area contributed by atoms with Gasteiger partial charge in [0.1, 0.15) is 5.82 Å². The van der Waals surface area contributed by atoms with E-state index in [0.29, 0.717) is 15.7 Å². The van der Waals surface area contributed by atoms with Gasteiger partial charge in [0.05, 0.1) is 24.1 Å². The Morgan fingerprint density at radius 1 is 1.20 bits per heavy atom. The Kier molecular flexibility index (Phi) is 4.93. The first-order chi connectivity index (χ1) is 11.9. The van der Waals surface area contributed by atoms with Gasteiger partial charge in [-0.15, -0.1) is 0 Å². The standard InChI is InChI=1S/C16H15BrF2N6/c1-9(10-3-11(17)5-12(18)4-10)22-15-14(19)7-20-16(24-15)23-13-6-21-25(2)8-13/h3-9H,1-2H3,(H2,20,22,23,24). The van der Waals surface area contributed by atoms with Crippen LogP contribution >= 0.6 is 15.9 Å². The number of anilines is 3. The average molecular weight is 409 g/mol. The second-order valence-electron chi connectivity index (χ2n) is 5.49. The summed E-state index contributed by atoms with van der Waals surface area (Å²) in [6.07, 6.45) is 4.42. The molecule has 1 unspecified atom stereocenters. The van der Waals surface area contributed by atoms with Crippen molar-refractivity contribution in [2.24, 2.45) is 7.05 Å². The summed E-state index contributed by atoms with van der Waals surface area (Å²) in [6.45, 7) is 1.79. The minimum Gasteiger partial charge on any atom is -0.361 e. The van der Waals surface area contributed by atoms with Crippen LogP contribution < -0.4 is 10.6 Å². The van der Waals surface area contributed by atoms with Gasteiger partial charge in [0.25, 0.3) is 0 Å². The number of aryl methyl sites for hydroxylation is 1. The van der Waals surface area contributed by atoms with E-state index in [-0.39, 0.29) is 23.6 Å². The highest BCUT2D eigenvalue weighted by Gasteiger charge is 2.13. The van der Waals surface area contributed by atoms with Gasteiger partial charge in [0.15, 0.2) is 11.6 Å². The van der Waals surface area contributed by atoms with Gasteiger partial charge in [-0.2, -0.15) is 10.1 Å². The predicted octanol–water partition coefficient (Wildman–Crippen LogP) is 4.17. The number of halogens is 3. The highest BCUT2D eigenvalue weighted by Crippen LogP contribution is 2.24. The van der Waals surface area contributed by atoms with Gasteiger partial charge in [0.2, 0.25) is 5.95 Å². The maximum atomic E-state index is 14.0. The van der Waals surface area contributed by atoms with Crippen molar-refractivity contribution in [2.75, 3.05) is 10.6 Å². The first-order valence-electron chi connectivity index (χ1n) is 7.41. The summed E-state index contributed by atoms with van der Waals surface area (Å²) in [5, 5.41) is 9.91. The third-order valence-electron chi connectivity index (χ3n) is 3.44. The lowest BCUT2D eigenvalue weighted by molar-refractivity contribution is 0.612. The third-order valence-corrected chi connectivity index (χ3v) is 3.90. The van der Waals surface area contributed by atoms with E-state index >= 15 is 0 Å². The van der Waals surface area contributed by atoms with Crippen molar-refractivity contribution in [3.05, 3.63) is 58.5 Å². The molecule has 0 spiro atoms. The molecule has 2 heterocycles. The molecule has 25 heavy (non-hydrogen) atoms. The molecule has 0 fully saturated rings. The number of benzene rings is 1. The molecule has 0 bridgehead atoms. The maximum Gasteiger partial charge on any atom is 0.229 e. The van der Waals surface area contributed by atoms with E-state index in [1.54, 1.807) is 37.1 Å². The van der Waals surface area contributed by atoms with Crippen LogP contribution in [0.5, 0.6) is 0 Å². The van der Waals surface area contributed by atoms with Gasteiger partial charge in [-0.1, -0.05) is 15.9 Å². The number of rotatable bonds is 5. The van der Waals surface area contributed by atoms with Crippen LogP contribution in [0.2, 0.25) is 0 Å². The second-order valence-corrected chi connectivity index (χ2v) is 6.40. The number of nitrogens with one attached hydrogen (secondary N) is 2. The smallest absolute Gasteiger partial charge is 0.229 e. The summed E-state index contributed by atoms with van der Waals surface area (Å²) in [7, 11) is 1.78. The summed E-state index contributed by atoms with van der Waals surface area (Å²) in [4.78, 5) is 8.05. The van der Waals surface area contributed by atoms with E-state index < -0.39 is 5.82 Å². The fourth-order valence-electron chi connectivity index (χ4n) is 2.26. The van der Waals surface area contributed by atoms with E-state index in [1.165, 1.54) is 12.1 Å². The van der Waals surface area contributed by atoms with Crippen LogP contribution in [0.1, 0.15) is 18.5 Å². The van der Waals surface area contributed by atoms with Crippen LogP contribution in [-0.4, -0.2) is 19.7 Å². The maximum absolute atomic E-state index is 14.0. The molecule has 0 amide bonds. The molecule has 3 aromatic rings. The van der Waals surface area contributed by atoms with Crippen LogP contribution in [0.15, 0.2) is 41.3 Å². The molecular weight excluding hydrogens is 394 g/mol. The average Bonchev–Trinajstić information content (AvgIpc) is 2.94. The number of aromatic nitrogens is 4. The summed E-state index contributed by atoms with van der Waals surface area (Å²) in [6, 6.07) is 4.14. The molecule has 0 aliphatic rings. The predicted molar refractivity (Wildman–Crippen MR) is 94.6 cm³/mol. The SMILES string of the molecule is CC(Nc1nc(Nc2cnn(C)c2)ncc1F)c1cc(F)cc(Br)c1. The largest absolute Gasteiger partial charge is 0.361 e. The van der Waals surface area contributed by atoms with Crippen molar-refractivity contribution in [1.29, 1.82) is 0 Å². The van der Waals surface area contributed by atoms with Crippen LogP contribution in [0.25, 0.3) is 0 Å². The zero-order valence-corrected chi connectivity index (χ0v) is 15.1. The number of hydrogen-bond donors (Lipinski definition) is 2. The first-order valence-corrected chi connectivity index (χ1v) is 8.21. The molecule has 1 atom stereocenters. The van der Waals surface area contributed by atoms with Gasteiger partial charge < -0.3 is 10.6 Å². The lowest BCUT2D eigenvalue weighted by Gasteiger charge is -2.16. The Morgan fingerprint density at radius 2 is 2.00 bits per heavy atom. The number of nitrogens with zero attached hydrogens (tertiary/aromatic N) is 4. The first kappa shape index (κ1) is 17.3. The Balaban J connectivity index is 1.80. The Bertz CT molecular complexity index is 878. The van der Waals surface area contributed by atoms with Gasteiger partial charge >= 0.3 is 0 Å². The Hall–Kier alpha value is -2.55. The topological polar surface area (TPSA) is 67.7 Å². The molecule has 130 valence electrons. The molecule has 2 N–H and O–H groups in total. The lowest BCUT2D eigenvalue weighted by atomic mass is 10.1. The fraction of sp³-hybridized carbons (Fsp3) is 0.188. The Labute approximate surface area is 151 Å². The van der Waals surface area contributed by atoms with E-state index in [1.807, 2.05) is 0 Å². The van der Waals surface area contributed by atoms with Crippen molar-refractivity contribution in [2.45, 2.75) is 13.0 Å². The van der Waals surface area contributed by atoms with E-state index in [0.717, 1.165) is 6.20 Å². The highest BCUT2D eigenvalue weighted by molar-refractivity contribution is 9.10. The number of hydrogen-bond acceptors (Lipinski definition) is 5. The third kappa shape index (κ3) is 4.30. The van der Waals surface area contributed by atoms with Gasteiger partial charge in [-0.05, 0) is 30.7 Å². The molecule has 6 nitrogen and oxygen atoms in total. The summed E-state index contributed by atoms with van der Waals surface area (Å²) in [5.74, 6) is -0.724. The summed E-state index contributed by atoms with van der Waals surface area (Å²) >= 11 is 3.25. The van der Waals surface area contributed by atoms with Crippen LogP contribution in [0, 0.1) is 11.6 Å². The minimum atomic E-state index is -0.598. The molecule has 0 saturated carbocycles. The zero-order valence-electron chi connectivity index (χ0n) is 13.5. The lowest BCUT2D eigenvalue weighted by Crippen LogP contribution is -2.11. The second kappa shape index (κ2) is 7.14.